The molecule has 1 aliphatic rings. The van der Waals surface area contributed by atoms with Crippen molar-refractivity contribution < 1.29 is 19.1 Å². The molecule has 1 heterocycles. The molecule has 6 nitrogen and oxygen atoms in total. The summed E-state index contributed by atoms with van der Waals surface area (Å²) in [7, 11) is 1.27. The molecule has 1 unspecified atom stereocenters. The zero-order chi connectivity index (χ0) is 14.7. The summed E-state index contributed by atoms with van der Waals surface area (Å²) in [4.78, 5) is 22.8. The highest BCUT2D eigenvalue weighted by Gasteiger charge is 2.32. The second-order valence-corrected chi connectivity index (χ2v) is 4.65. The van der Waals surface area contributed by atoms with Gasteiger partial charge in [-0.3, -0.25) is 4.79 Å². The van der Waals surface area contributed by atoms with Crippen molar-refractivity contribution in [3.05, 3.63) is 35.0 Å². The van der Waals surface area contributed by atoms with Gasteiger partial charge in [-0.25, -0.2) is 4.79 Å². The van der Waals surface area contributed by atoms with Gasteiger partial charge in [-0.05, 0) is 6.42 Å². The average Bonchev–Trinajstić information content (AvgIpc) is 2.74. The maximum atomic E-state index is 11.8. The third kappa shape index (κ3) is 2.79. The van der Waals surface area contributed by atoms with E-state index in [4.69, 9.17) is 0 Å². The van der Waals surface area contributed by atoms with Crippen LogP contribution in [0, 0.1) is 5.21 Å². The number of amides is 1. The van der Waals surface area contributed by atoms with Gasteiger partial charge in [0.1, 0.15) is 6.04 Å². The summed E-state index contributed by atoms with van der Waals surface area (Å²) in [6.07, 6.45) is 1.80. The molecule has 0 saturated carbocycles. The number of methoxy groups -OCH3 is 1. The third-order valence-corrected chi connectivity index (χ3v) is 3.24. The van der Waals surface area contributed by atoms with Gasteiger partial charge in [0.25, 0.3) is 0 Å². The zero-order valence-electron chi connectivity index (χ0n) is 11.3. The first-order chi connectivity index (χ1) is 9.52. The number of carbonyl (C=O) groups excluding carboxylic acids is 2. The third-order valence-electron chi connectivity index (χ3n) is 3.24. The van der Waals surface area contributed by atoms with E-state index in [0.29, 0.717) is 12.1 Å². The van der Waals surface area contributed by atoms with Crippen molar-refractivity contribution in [2.24, 2.45) is 0 Å². The van der Waals surface area contributed by atoms with E-state index in [2.05, 4.69) is 10.1 Å². The molecule has 1 aliphatic heterocycles. The van der Waals surface area contributed by atoms with Gasteiger partial charge in [0, 0.05) is 18.6 Å². The van der Waals surface area contributed by atoms with E-state index >= 15 is 0 Å². The first kappa shape index (κ1) is 14.0. The fourth-order valence-corrected chi connectivity index (χ4v) is 2.37. The average molecular weight is 276 g/mol. The van der Waals surface area contributed by atoms with Crippen molar-refractivity contribution in [3.63, 3.8) is 0 Å². The Hall–Kier alpha value is -2.37. The molecule has 0 bridgehead atoms. The van der Waals surface area contributed by atoms with Crippen molar-refractivity contribution in [2.45, 2.75) is 25.3 Å². The lowest BCUT2D eigenvalue weighted by Gasteiger charge is -2.17. The van der Waals surface area contributed by atoms with E-state index in [9.17, 15) is 14.8 Å². The minimum Gasteiger partial charge on any atom is -0.618 e. The lowest BCUT2D eigenvalue weighted by atomic mass is 9.94. The highest BCUT2D eigenvalue weighted by molar-refractivity contribution is 5.84. The van der Waals surface area contributed by atoms with E-state index in [1.807, 2.05) is 12.1 Å². The van der Waals surface area contributed by atoms with Crippen LogP contribution in [0.2, 0.25) is 0 Å². The highest BCUT2D eigenvalue weighted by Crippen LogP contribution is 2.33. The van der Waals surface area contributed by atoms with Gasteiger partial charge < -0.3 is 15.3 Å². The molecule has 0 aromatic heterocycles. The monoisotopic (exact) mass is 276 g/mol. The summed E-state index contributed by atoms with van der Waals surface area (Å²) in [5, 5.41) is 14.3. The Morgan fingerprint density at radius 1 is 1.45 bits per heavy atom. The molecule has 1 aromatic carbocycles. The van der Waals surface area contributed by atoms with Gasteiger partial charge in [0.15, 0.2) is 6.21 Å². The Balaban J connectivity index is 2.20. The molecule has 106 valence electrons. The van der Waals surface area contributed by atoms with Crippen molar-refractivity contribution in [2.75, 3.05) is 7.11 Å². The molecule has 20 heavy (non-hydrogen) atoms. The fourth-order valence-electron chi connectivity index (χ4n) is 2.37. The van der Waals surface area contributed by atoms with Crippen LogP contribution in [-0.2, 0) is 14.3 Å². The van der Waals surface area contributed by atoms with Crippen LogP contribution in [0.3, 0.4) is 0 Å². The zero-order valence-corrected chi connectivity index (χ0v) is 11.3. The molecule has 0 saturated heterocycles. The van der Waals surface area contributed by atoms with Gasteiger partial charge in [0.05, 0.1) is 13.0 Å². The molecule has 0 fully saturated rings. The van der Waals surface area contributed by atoms with Crippen LogP contribution in [0.1, 0.15) is 24.8 Å². The van der Waals surface area contributed by atoms with Crippen LogP contribution in [0.5, 0.6) is 0 Å². The number of nitrogens with one attached hydrogen (secondary N) is 1. The van der Waals surface area contributed by atoms with Crippen LogP contribution in [-0.4, -0.2) is 36.0 Å². The summed E-state index contributed by atoms with van der Waals surface area (Å²) < 4.78 is 5.47. The number of para-hydroxylation sites is 1. The minimum atomic E-state index is -0.765. The van der Waals surface area contributed by atoms with Crippen LogP contribution >= 0.6 is 0 Å². The molecule has 1 aromatic rings. The predicted molar refractivity (Wildman–Crippen MR) is 72.8 cm³/mol. The number of rotatable bonds is 4. The molecular formula is C14H16N2O4. The summed E-state index contributed by atoms with van der Waals surface area (Å²) in [6, 6.07) is 6.43. The van der Waals surface area contributed by atoms with Crippen LogP contribution < -0.4 is 5.32 Å². The Labute approximate surface area is 116 Å². The second kappa shape index (κ2) is 5.73. The molecule has 1 amide bonds. The predicted octanol–water partition coefficient (Wildman–Crippen LogP) is 1.06. The largest absolute Gasteiger partial charge is 0.618 e. The van der Waals surface area contributed by atoms with Crippen molar-refractivity contribution in [3.8, 4) is 0 Å². The summed E-state index contributed by atoms with van der Waals surface area (Å²) in [5.74, 6) is -1.05. The number of hydrogen-bond acceptors (Lipinski definition) is 4. The standard InChI is InChI=1S/C14H16N2O4/c1-9(17)15-12(14(18)20-2)7-10-8-16(19)13-6-4-3-5-11(10)13/h3-6,8,10,12H,7H2,1-2H3,(H,15,17)/t10?,12-/m1/s1. The molecule has 0 spiro atoms. The Morgan fingerprint density at radius 3 is 2.80 bits per heavy atom. The number of benzene rings is 1. The molecule has 6 heteroatoms. The number of ether oxygens (including phenoxy) is 1. The van der Waals surface area contributed by atoms with Gasteiger partial charge >= 0.3 is 5.97 Å². The summed E-state index contributed by atoms with van der Waals surface area (Å²) in [6.45, 7) is 1.34. The Kier molecular flexibility index (Phi) is 4.02. The maximum absolute atomic E-state index is 11.8. The fraction of sp³-hybridized carbons (Fsp3) is 0.357. The van der Waals surface area contributed by atoms with Crippen molar-refractivity contribution in [1.82, 2.24) is 5.32 Å². The van der Waals surface area contributed by atoms with E-state index in [1.165, 1.54) is 20.2 Å². The minimum absolute atomic E-state index is 0.223. The Morgan fingerprint density at radius 2 is 2.15 bits per heavy atom. The van der Waals surface area contributed by atoms with Gasteiger partial charge in [-0.2, -0.15) is 4.74 Å². The molecule has 2 atom stereocenters. The topological polar surface area (TPSA) is 81.5 Å². The number of hydrogen-bond donors (Lipinski definition) is 1. The van der Waals surface area contributed by atoms with Crippen LogP contribution in [0.25, 0.3) is 0 Å². The smallest absolute Gasteiger partial charge is 0.328 e. The summed E-state index contributed by atoms with van der Waals surface area (Å²) in [5.41, 5.74) is 1.42. The number of esters is 1. The van der Waals surface area contributed by atoms with Gasteiger partial charge in [-0.15, -0.1) is 0 Å². The number of nitrogens with zero attached hydrogens (tertiary/aromatic N) is 1. The quantitative estimate of drug-likeness (QED) is 0.506. The lowest BCUT2D eigenvalue weighted by molar-refractivity contribution is -0.351. The van der Waals surface area contributed by atoms with Crippen LogP contribution in [0.15, 0.2) is 24.3 Å². The maximum Gasteiger partial charge on any atom is 0.328 e. The molecule has 1 N–H and O–H groups in total. The molecule has 0 aliphatic carbocycles. The first-order valence-corrected chi connectivity index (χ1v) is 6.28. The molecule has 0 radical (unpaired) electrons. The van der Waals surface area contributed by atoms with E-state index in [1.54, 1.807) is 12.1 Å². The lowest BCUT2D eigenvalue weighted by Crippen LogP contribution is -2.41. The molecule has 2 rings (SSSR count). The summed E-state index contributed by atoms with van der Waals surface area (Å²) >= 11 is 0. The normalized spacial score (nSPS) is 17.9. The second-order valence-electron chi connectivity index (χ2n) is 4.65. The highest BCUT2D eigenvalue weighted by atomic mass is 16.5. The van der Waals surface area contributed by atoms with Gasteiger partial charge in [-0.1, -0.05) is 18.2 Å². The van der Waals surface area contributed by atoms with Crippen molar-refractivity contribution >= 4 is 23.8 Å². The Bertz CT molecular complexity index is 568. The van der Waals surface area contributed by atoms with Crippen molar-refractivity contribution in [1.29, 1.82) is 0 Å². The van der Waals surface area contributed by atoms with E-state index < -0.39 is 12.0 Å². The number of fused-ring (bicyclic) bond motifs is 1. The van der Waals surface area contributed by atoms with Gasteiger partial charge in [0.2, 0.25) is 11.6 Å². The molecular weight excluding hydrogens is 260 g/mol. The van der Waals surface area contributed by atoms with E-state index in [0.717, 1.165) is 10.3 Å². The van der Waals surface area contributed by atoms with Crippen LogP contribution in [0.4, 0.5) is 5.69 Å². The van der Waals surface area contributed by atoms with E-state index in [-0.39, 0.29) is 11.8 Å². The first-order valence-electron chi connectivity index (χ1n) is 6.28. The number of carbonyl (C=O) groups is 2. The SMILES string of the molecule is COC(=O)[C@@H](CC1C=[N+]([O-])c2ccccc21)NC(C)=O.